The molecule has 2 aromatic rings. The van der Waals surface area contributed by atoms with Gasteiger partial charge >= 0.3 is 0 Å². The predicted octanol–water partition coefficient (Wildman–Crippen LogP) is 4.84. The molecular weight excluding hydrogens is 344 g/mol. The van der Waals surface area contributed by atoms with Crippen LogP contribution in [0.25, 0.3) is 0 Å². The largest absolute Gasteiger partial charge is 0.291 e. The third kappa shape index (κ3) is 3.84. The van der Waals surface area contributed by atoms with Gasteiger partial charge in [0.25, 0.3) is 0 Å². The number of thioether (sulfide) groups is 3. The van der Waals surface area contributed by atoms with Gasteiger partial charge in [-0.05, 0) is 18.8 Å². The van der Waals surface area contributed by atoms with E-state index in [-0.39, 0.29) is 11.6 Å². The number of carbonyl (C=O) groups excluding carboxylic acids is 2. The van der Waals surface area contributed by atoms with E-state index in [1.165, 1.54) is 35.3 Å². The SMILES string of the molecule is CSC(SC)(SC)C(=O)c1ccc(C(=O)c2ccccc2)cc1. The Bertz CT molecular complexity index is 669. The Balaban J connectivity index is 2.26. The Morgan fingerprint density at radius 2 is 1.13 bits per heavy atom. The molecule has 0 aliphatic rings. The lowest BCUT2D eigenvalue weighted by Gasteiger charge is -2.26. The third-order valence-electron chi connectivity index (χ3n) is 3.53. The van der Waals surface area contributed by atoms with Crippen molar-refractivity contribution in [3.63, 3.8) is 0 Å². The molecule has 2 nitrogen and oxygen atoms in total. The first-order valence-corrected chi connectivity index (χ1v) is 10.7. The molecule has 0 heterocycles. The number of hydrogen-bond donors (Lipinski definition) is 0. The van der Waals surface area contributed by atoms with Crippen molar-refractivity contribution >= 4 is 46.9 Å². The molecule has 0 spiro atoms. The Kier molecular flexibility index (Phi) is 6.39. The lowest BCUT2D eigenvalue weighted by molar-refractivity contribution is 0.0999. The van der Waals surface area contributed by atoms with Gasteiger partial charge in [-0.1, -0.05) is 54.6 Å². The number of carbonyl (C=O) groups is 2. The highest BCUT2D eigenvalue weighted by Crippen LogP contribution is 2.45. The fourth-order valence-corrected chi connectivity index (χ4v) is 5.14. The van der Waals surface area contributed by atoms with Crippen LogP contribution in [-0.4, -0.2) is 33.7 Å². The van der Waals surface area contributed by atoms with Crippen LogP contribution in [0.1, 0.15) is 26.3 Å². The summed E-state index contributed by atoms with van der Waals surface area (Å²) in [5, 5.41) is 0. The van der Waals surface area contributed by atoms with Gasteiger partial charge in [0.15, 0.2) is 15.0 Å². The maximum Gasteiger partial charge on any atom is 0.199 e. The zero-order chi connectivity index (χ0) is 16.9. The van der Waals surface area contributed by atoms with Crippen LogP contribution in [0.2, 0.25) is 0 Å². The van der Waals surface area contributed by atoms with Crippen molar-refractivity contribution in [1.29, 1.82) is 0 Å². The summed E-state index contributed by atoms with van der Waals surface area (Å²) in [6.45, 7) is 0. The summed E-state index contributed by atoms with van der Waals surface area (Å²) in [6.07, 6.45) is 5.83. The van der Waals surface area contributed by atoms with Crippen molar-refractivity contribution in [2.45, 2.75) is 3.41 Å². The van der Waals surface area contributed by atoms with Crippen molar-refractivity contribution in [3.05, 3.63) is 71.3 Å². The Morgan fingerprint density at radius 3 is 1.61 bits per heavy atom. The van der Waals surface area contributed by atoms with E-state index in [0.29, 0.717) is 16.7 Å². The molecule has 120 valence electrons. The summed E-state index contributed by atoms with van der Waals surface area (Å²) in [5.74, 6) is 0.0409. The normalized spacial score (nSPS) is 11.3. The van der Waals surface area contributed by atoms with Crippen LogP contribution in [0, 0.1) is 0 Å². The minimum Gasteiger partial charge on any atom is -0.291 e. The lowest BCUT2D eigenvalue weighted by Crippen LogP contribution is -2.27. The molecule has 0 aromatic heterocycles. The van der Waals surface area contributed by atoms with E-state index < -0.39 is 3.41 Å². The molecule has 0 unspecified atom stereocenters. The molecule has 0 saturated heterocycles. The van der Waals surface area contributed by atoms with E-state index in [4.69, 9.17) is 0 Å². The number of ketones is 2. The average molecular weight is 363 g/mol. The highest BCUT2D eigenvalue weighted by Gasteiger charge is 2.36. The fraction of sp³-hybridized carbons (Fsp3) is 0.222. The molecule has 2 aromatic carbocycles. The van der Waals surface area contributed by atoms with E-state index in [2.05, 4.69) is 0 Å². The minimum absolute atomic E-state index is 0.0320. The molecule has 2 rings (SSSR count). The topological polar surface area (TPSA) is 34.1 Å². The Labute approximate surface area is 149 Å². The van der Waals surface area contributed by atoms with Gasteiger partial charge in [0.1, 0.15) is 0 Å². The third-order valence-corrected chi connectivity index (χ3v) is 8.70. The molecule has 0 N–H and O–H groups in total. The summed E-state index contributed by atoms with van der Waals surface area (Å²) in [7, 11) is 0. The summed E-state index contributed by atoms with van der Waals surface area (Å²) in [4.78, 5) is 25.2. The standard InChI is InChI=1S/C18H18O2S3/c1-21-18(22-2,23-3)17(20)15-11-9-14(10-12-15)16(19)13-7-5-4-6-8-13/h4-12H,1-3H3. The fourth-order valence-electron chi connectivity index (χ4n) is 2.23. The molecular formula is C18H18O2S3. The smallest absolute Gasteiger partial charge is 0.199 e. The zero-order valence-corrected chi connectivity index (χ0v) is 15.7. The monoisotopic (exact) mass is 362 g/mol. The summed E-state index contributed by atoms with van der Waals surface area (Å²) < 4.78 is -0.537. The second-order valence-corrected chi connectivity index (χ2v) is 8.61. The van der Waals surface area contributed by atoms with Crippen molar-refractivity contribution in [1.82, 2.24) is 0 Å². The number of benzene rings is 2. The molecule has 0 atom stereocenters. The highest BCUT2D eigenvalue weighted by molar-refractivity contribution is 8.34. The van der Waals surface area contributed by atoms with Gasteiger partial charge in [0, 0.05) is 16.7 Å². The van der Waals surface area contributed by atoms with Crippen LogP contribution in [-0.2, 0) is 0 Å². The van der Waals surface area contributed by atoms with E-state index in [0.717, 1.165) is 0 Å². The van der Waals surface area contributed by atoms with Crippen LogP contribution >= 0.6 is 35.3 Å². The van der Waals surface area contributed by atoms with Crippen molar-refractivity contribution in [2.24, 2.45) is 0 Å². The number of rotatable bonds is 7. The maximum absolute atomic E-state index is 12.8. The second-order valence-electron chi connectivity index (χ2n) is 4.77. The van der Waals surface area contributed by atoms with Crippen LogP contribution in [0.4, 0.5) is 0 Å². The first-order valence-electron chi connectivity index (χ1n) is 6.98. The van der Waals surface area contributed by atoms with Gasteiger partial charge in [0.2, 0.25) is 0 Å². The Hall–Kier alpha value is -1.17. The van der Waals surface area contributed by atoms with E-state index in [1.807, 2.05) is 37.0 Å². The van der Waals surface area contributed by atoms with E-state index in [9.17, 15) is 9.59 Å². The molecule has 0 saturated carbocycles. The summed E-state index contributed by atoms with van der Waals surface area (Å²) >= 11 is 4.61. The maximum atomic E-state index is 12.8. The average Bonchev–Trinajstić information content (AvgIpc) is 2.64. The first kappa shape index (κ1) is 18.2. The van der Waals surface area contributed by atoms with Gasteiger partial charge in [-0.3, -0.25) is 9.59 Å². The molecule has 5 heteroatoms. The second kappa shape index (κ2) is 8.08. The Morgan fingerprint density at radius 1 is 0.696 bits per heavy atom. The van der Waals surface area contributed by atoms with Gasteiger partial charge in [0.05, 0.1) is 0 Å². The van der Waals surface area contributed by atoms with Gasteiger partial charge in [-0.15, -0.1) is 35.3 Å². The molecule has 0 bridgehead atoms. The van der Waals surface area contributed by atoms with Gasteiger partial charge in [-0.2, -0.15) is 0 Å². The highest BCUT2D eigenvalue weighted by atomic mass is 32.3. The number of Topliss-reactive ketones (excluding diaryl/α,β-unsaturated/α-hetero) is 1. The zero-order valence-electron chi connectivity index (χ0n) is 13.2. The van der Waals surface area contributed by atoms with E-state index >= 15 is 0 Å². The van der Waals surface area contributed by atoms with Crippen molar-refractivity contribution in [3.8, 4) is 0 Å². The van der Waals surface area contributed by atoms with Gasteiger partial charge < -0.3 is 0 Å². The molecule has 0 radical (unpaired) electrons. The summed E-state index contributed by atoms with van der Waals surface area (Å²) in [5.41, 5.74) is 1.88. The van der Waals surface area contributed by atoms with Crippen molar-refractivity contribution in [2.75, 3.05) is 18.8 Å². The quantitative estimate of drug-likeness (QED) is 0.520. The lowest BCUT2D eigenvalue weighted by atomic mass is 10.0. The molecule has 0 fully saturated rings. The molecule has 0 amide bonds. The molecule has 0 aliphatic heterocycles. The first-order chi connectivity index (χ1) is 11.1. The van der Waals surface area contributed by atoms with Crippen molar-refractivity contribution < 1.29 is 9.59 Å². The minimum atomic E-state index is -0.537. The van der Waals surface area contributed by atoms with Crippen LogP contribution < -0.4 is 0 Å². The molecule has 23 heavy (non-hydrogen) atoms. The van der Waals surface area contributed by atoms with Crippen LogP contribution in [0.15, 0.2) is 54.6 Å². The van der Waals surface area contributed by atoms with Crippen LogP contribution in [0.5, 0.6) is 0 Å². The predicted molar refractivity (Wildman–Crippen MR) is 104 cm³/mol. The van der Waals surface area contributed by atoms with Gasteiger partial charge in [-0.25, -0.2) is 0 Å². The van der Waals surface area contributed by atoms with Crippen LogP contribution in [0.3, 0.4) is 0 Å². The summed E-state index contributed by atoms with van der Waals surface area (Å²) in [6, 6.07) is 16.1. The van der Waals surface area contributed by atoms with E-state index in [1.54, 1.807) is 36.4 Å². The molecule has 0 aliphatic carbocycles. The number of hydrogen-bond acceptors (Lipinski definition) is 5.